The van der Waals surface area contributed by atoms with E-state index < -0.39 is 0 Å². The van der Waals surface area contributed by atoms with E-state index in [0.717, 1.165) is 48.2 Å². The van der Waals surface area contributed by atoms with E-state index in [-0.39, 0.29) is 0 Å². The molecule has 2 N–H and O–H groups in total. The number of aryl methyl sites for hydroxylation is 2. The van der Waals surface area contributed by atoms with Crippen LogP contribution in [0.1, 0.15) is 53.6 Å². The van der Waals surface area contributed by atoms with Crippen LogP contribution in [-0.4, -0.2) is 10.9 Å². The second-order valence-corrected chi connectivity index (χ2v) is 7.67. The summed E-state index contributed by atoms with van der Waals surface area (Å²) in [5.41, 5.74) is 12.4. The second kappa shape index (κ2) is 9.10. The largest absolute Gasteiger partial charge is 0.291 e. The van der Waals surface area contributed by atoms with E-state index in [9.17, 15) is 5.21 Å². The van der Waals surface area contributed by atoms with Crippen molar-refractivity contribution in [2.45, 2.75) is 39.5 Å². The molecular weight excluding hydrogens is 368 g/mol. The lowest BCUT2D eigenvalue weighted by Crippen LogP contribution is -2.13. The third kappa shape index (κ3) is 3.94. The molecule has 0 amide bonds. The molecule has 3 nitrogen and oxygen atoms in total. The Morgan fingerprint density at radius 1 is 1.00 bits per heavy atom. The van der Waals surface area contributed by atoms with E-state index in [1.54, 1.807) is 0 Å². The van der Waals surface area contributed by atoms with E-state index in [1.165, 1.54) is 22.3 Å². The van der Waals surface area contributed by atoms with Crippen LogP contribution in [0.5, 0.6) is 0 Å². The maximum atomic E-state index is 9.34. The molecule has 0 radical (unpaired) electrons. The van der Waals surface area contributed by atoms with Gasteiger partial charge in [-0.05, 0) is 54.5 Å². The van der Waals surface area contributed by atoms with Crippen molar-refractivity contribution in [3.8, 4) is 0 Å². The van der Waals surface area contributed by atoms with Gasteiger partial charge >= 0.3 is 0 Å². The topological polar surface area (TPSA) is 44.6 Å². The molecule has 0 aromatic heterocycles. The number of nitrogens with one attached hydrogen (secondary N) is 1. The number of hydrogen-bond acceptors (Lipinski definition) is 3. The van der Waals surface area contributed by atoms with Crippen molar-refractivity contribution in [2.24, 2.45) is 4.99 Å². The summed E-state index contributed by atoms with van der Waals surface area (Å²) in [5, 5.41) is 9.34. The Morgan fingerprint density at radius 3 is 2.53 bits per heavy atom. The number of para-hydroxylation sites is 1. The van der Waals surface area contributed by atoms with Gasteiger partial charge in [-0.15, -0.1) is 0 Å². The fraction of sp³-hybridized carbons (Fsp3) is 0.222. The molecule has 0 fully saturated rings. The lowest BCUT2D eigenvalue weighted by Gasteiger charge is -2.20. The molecule has 3 aromatic carbocycles. The highest BCUT2D eigenvalue weighted by molar-refractivity contribution is 6.15. The molecule has 0 saturated heterocycles. The van der Waals surface area contributed by atoms with Crippen molar-refractivity contribution in [2.75, 3.05) is 0 Å². The minimum atomic E-state index is 0.692. The summed E-state index contributed by atoms with van der Waals surface area (Å²) < 4.78 is 0. The minimum absolute atomic E-state index is 0.692. The van der Waals surface area contributed by atoms with E-state index in [0.29, 0.717) is 5.70 Å². The highest BCUT2D eigenvalue weighted by Crippen LogP contribution is 2.30. The van der Waals surface area contributed by atoms with Crippen LogP contribution in [0.4, 0.5) is 5.69 Å². The predicted octanol–water partition coefficient (Wildman–Crippen LogP) is 6.25. The van der Waals surface area contributed by atoms with Gasteiger partial charge in [0.05, 0.1) is 17.1 Å². The van der Waals surface area contributed by atoms with Gasteiger partial charge < -0.3 is 0 Å². The third-order valence-electron chi connectivity index (χ3n) is 5.79. The standard InChI is InChI=1S/C27H28N2O/c1-3-8-19-10-7-11-24-23(19)18-17-20-9-5-6-12-26(20)28-27(24)22-15-13-21(14-16-22)25(4-2)29-30/h4-7,9-16,29-30H,3,8,17-18H2,1-2H3/b25-4?,28-27-. The fourth-order valence-electron chi connectivity index (χ4n) is 4.25. The van der Waals surface area contributed by atoms with Gasteiger partial charge in [0.15, 0.2) is 0 Å². The first-order chi connectivity index (χ1) is 14.7. The van der Waals surface area contributed by atoms with Crippen molar-refractivity contribution < 1.29 is 5.21 Å². The van der Waals surface area contributed by atoms with Gasteiger partial charge in [0, 0.05) is 11.1 Å². The zero-order chi connectivity index (χ0) is 20.9. The van der Waals surface area contributed by atoms with Gasteiger partial charge in [-0.2, -0.15) is 0 Å². The monoisotopic (exact) mass is 396 g/mol. The highest BCUT2D eigenvalue weighted by atomic mass is 16.5. The van der Waals surface area contributed by atoms with Gasteiger partial charge in [0.2, 0.25) is 0 Å². The number of hydrogen-bond donors (Lipinski definition) is 2. The van der Waals surface area contributed by atoms with Crippen LogP contribution in [0, 0.1) is 0 Å². The first kappa shape index (κ1) is 20.1. The number of hydroxylamine groups is 1. The lowest BCUT2D eigenvalue weighted by molar-refractivity contribution is 0.224. The van der Waals surface area contributed by atoms with E-state index in [2.05, 4.69) is 67.0 Å². The molecule has 0 saturated carbocycles. The van der Waals surface area contributed by atoms with E-state index in [4.69, 9.17) is 4.99 Å². The van der Waals surface area contributed by atoms with Crippen LogP contribution < -0.4 is 5.48 Å². The summed E-state index contributed by atoms with van der Waals surface area (Å²) in [6.07, 6.45) is 6.10. The van der Waals surface area contributed by atoms with E-state index in [1.807, 2.05) is 25.1 Å². The number of nitrogens with zero attached hydrogens (tertiary/aromatic N) is 1. The smallest absolute Gasteiger partial charge is 0.0784 e. The van der Waals surface area contributed by atoms with Crippen molar-refractivity contribution in [3.05, 3.63) is 106 Å². The molecular formula is C27H28N2O. The van der Waals surface area contributed by atoms with Gasteiger partial charge in [-0.3, -0.25) is 10.7 Å². The molecule has 0 unspecified atom stereocenters. The van der Waals surface area contributed by atoms with Crippen molar-refractivity contribution >= 4 is 17.1 Å². The van der Waals surface area contributed by atoms with Crippen LogP contribution >= 0.6 is 0 Å². The Kier molecular flexibility index (Phi) is 6.10. The Morgan fingerprint density at radius 2 is 1.80 bits per heavy atom. The summed E-state index contributed by atoms with van der Waals surface area (Å²) in [6, 6.07) is 23.3. The third-order valence-corrected chi connectivity index (χ3v) is 5.79. The summed E-state index contributed by atoms with van der Waals surface area (Å²) >= 11 is 0. The summed E-state index contributed by atoms with van der Waals surface area (Å²) in [6.45, 7) is 4.13. The van der Waals surface area contributed by atoms with Gasteiger partial charge in [0.25, 0.3) is 0 Å². The van der Waals surface area contributed by atoms with Crippen LogP contribution in [0.3, 0.4) is 0 Å². The van der Waals surface area contributed by atoms with Crippen LogP contribution in [-0.2, 0) is 19.3 Å². The summed E-state index contributed by atoms with van der Waals surface area (Å²) in [4.78, 5) is 5.16. The molecule has 0 atom stereocenters. The van der Waals surface area contributed by atoms with Gasteiger partial charge in [-0.25, -0.2) is 4.99 Å². The quantitative estimate of drug-likeness (QED) is 0.501. The second-order valence-electron chi connectivity index (χ2n) is 7.67. The molecule has 3 aromatic rings. The predicted molar refractivity (Wildman–Crippen MR) is 125 cm³/mol. The van der Waals surface area contributed by atoms with Gasteiger partial charge in [-0.1, -0.05) is 80.1 Å². The molecule has 1 aliphatic heterocycles. The molecule has 0 bridgehead atoms. The zero-order valence-electron chi connectivity index (χ0n) is 17.7. The first-order valence-corrected chi connectivity index (χ1v) is 10.7. The molecule has 0 spiro atoms. The van der Waals surface area contributed by atoms with Crippen LogP contribution in [0.15, 0.2) is 77.8 Å². The first-order valence-electron chi connectivity index (χ1n) is 10.7. The number of allylic oxidation sites excluding steroid dienone is 1. The summed E-state index contributed by atoms with van der Waals surface area (Å²) in [7, 11) is 0. The summed E-state index contributed by atoms with van der Waals surface area (Å²) in [5.74, 6) is 0. The number of fused-ring (bicyclic) bond motifs is 2. The fourth-order valence-corrected chi connectivity index (χ4v) is 4.25. The van der Waals surface area contributed by atoms with Crippen molar-refractivity contribution in [3.63, 3.8) is 0 Å². The normalized spacial score (nSPS) is 15.3. The molecule has 3 heteroatoms. The van der Waals surface area contributed by atoms with Crippen LogP contribution in [0.2, 0.25) is 0 Å². The van der Waals surface area contributed by atoms with E-state index >= 15 is 0 Å². The molecule has 1 heterocycles. The van der Waals surface area contributed by atoms with Gasteiger partial charge in [0.1, 0.15) is 0 Å². The molecule has 4 rings (SSSR count). The molecule has 152 valence electrons. The molecule has 30 heavy (non-hydrogen) atoms. The van der Waals surface area contributed by atoms with Crippen LogP contribution in [0.25, 0.3) is 5.70 Å². The maximum Gasteiger partial charge on any atom is 0.0784 e. The Labute approximate surface area is 178 Å². The number of aliphatic imine (C=N–C) groups is 1. The lowest BCUT2D eigenvalue weighted by atomic mass is 9.87. The SMILES string of the molecule is CC=C(NO)c1ccc(/C2=N/c3ccccc3CCc3c(CCC)cccc32)cc1. The number of benzene rings is 3. The zero-order valence-corrected chi connectivity index (χ0v) is 17.7. The highest BCUT2D eigenvalue weighted by Gasteiger charge is 2.19. The average molecular weight is 397 g/mol. The Hall–Kier alpha value is -3.17. The molecule has 0 aliphatic carbocycles. The van der Waals surface area contributed by atoms with Crippen molar-refractivity contribution in [1.82, 2.24) is 5.48 Å². The average Bonchev–Trinajstić information content (AvgIpc) is 2.77. The van der Waals surface area contributed by atoms with Crippen molar-refractivity contribution in [1.29, 1.82) is 0 Å². The minimum Gasteiger partial charge on any atom is -0.291 e. The number of rotatable bonds is 5. The molecule has 1 aliphatic rings. The Bertz CT molecular complexity index is 1090. The Balaban J connectivity index is 1.89. The maximum absolute atomic E-state index is 9.34.